The molecule has 0 fully saturated rings. The minimum Gasteiger partial charge on any atom is -0.496 e. The molecule has 0 aromatic heterocycles. The highest BCUT2D eigenvalue weighted by atomic mass is 16.5. The maximum atomic E-state index is 11.9. The van der Waals surface area contributed by atoms with Crippen LogP contribution in [0.5, 0.6) is 17.2 Å². The first-order chi connectivity index (χ1) is 10.2. The summed E-state index contributed by atoms with van der Waals surface area (Å²) in [6.07, 6.45) is 0.272. The molecule has 21 heavy (non-hydrogen) atoms. The lowest BCUT2D eigenvalue weighted by molar-refractivity contribution is -0.135. The van der Waals surface area contributed by atoms with E-state index in [4.69, 9.17) is 14.2 Å². The smallest absolute Gasteiger partial charge is 0.312 e. The Morgan fingerprint density at radius 3 is 2.48 bits per heavy atom. The van der Waals surface area contributed by atoms with E-state index >= 15 is 0 Å². The number of hydrogen-bond donors (Lipinski definition) is 0. The van der Waals surface area contributed by atoms with Crippen molar-refractivity contribution < 1.29 is 19.0 Å². The van der Waals surface area contributed by atoms with E-state index < -0.39 is 0 Å². The van der Waals surface area contributed by atoms with Crippen LogP contribution in [-0.2, 0) is 4.79 Å². The molecule has 0 unspecified atom stereocenters. The van der Waals surface area contributed by atoms with Gasteiger partial charge in [-0.2, -0.15) is 0 Å². The Balaban J connectivity index is 2.19. The van der Waals surface area contributed by atoms with Crippen molar-refractivity contribution >= 4 is 5.97 Å². The molecule has 4 heteroatoms. The van der Waals surface area contributed by atoms with E-state index in [9.17, 15) is 4.79 Å². The Bertz CT molecular complexity index is 678. The third-order valence-electron chi connectivity index (χ3n) is 3.70. The maximum absolute atomic E-state index is 11.9. The van der Waals surface area contributed by atoms with E-state index in [1.807, 2.05) is 36.4 Å². The van der Waals surface area contributed by atoms with Gasteiger partial charge in [0.1, 0.15) is 17.2 Å². The Labute approximate surface area is 123 Å². The van der Waals surface area contributed by atoms with Crippen LogP contribution in [0.2, 0.25) is 0 Å². The fourth-order valence-corrected chi connectivity index (χ4v) is 2.79. The number of benzene rings is 2. The monoisotopic (exact) mass is 284 g/mol. The fourth-order valence-electron chi connectivity index (χ4n) is 2.79. The van der Waals surface area contributed by atoms with E-state index in [1.165, 1.54) is 0 Å². The summed E-state index contributed by atoms with van der Waals surface area (Å²) in [7, 11) is 3.24. The van der Waals surface area contributed by atoms with Crippen LogP contribution in [-0.4, -0.2) is 20.2 Å². The van der Waals surface area contributed by atoms with E-state index in [-0.39, 0.29) is 18.3 Å². The van der Waals surface area contributed by atoms with E-state index in [2.05, 4.69) is 0 Å². The molecule has 1 aliphatic heterocycles. The molecule has 0 spiro atoms. The molecule has 1 heterocycles. The third kappa shape index (κ3) is 2.33. The van der Waals surface area contributed by atoms with Crippen LogP contribution in [0.1, 0.15) is 23.5 Å². The maximum Gasteiger partial charge on any atom is 0.312 e. The number of hydrogen-bond acceptors (Lipinski definition) is 4. The van der Waals surface area contributed by atoms with Crippen molar-refractivity contribution in [3.63, 3.8) is 0 Å². The number of rotatable bonds is 3. The molecule has 1 atom stereocenters. The van der Waals surface area contributed by atoms with E-state index in [0.717, 1.165) is 22.6 Å². The van der Waals surface area contributed by atoms with Gasteiger partial charge in [-0.25, -0.2) is 0 Å². The summed E-state index contributed by atoms with van der Waals surface area (Å²) in [4.78, 5) is 11.9. The molecule has 0 N–H and O–H groups in total. The summed E-state index contributed by atoms with van der Waals surface area (Å²) < 4.78 is 16.2. The lowest BCUT2D eigenvalue weighted by atomic mass is 9.85. The molecule has 2 aromatic rings. The van der Waals surface area contributed by atoms with Gasteiger partial charge >= 0.3 is 5.97 Å². The number of fused-ring (bicyclic) bond motifs is 1. The van der Waals surface area contributed by atoms with Crippen LogP contribution < -0.4 is 14.2 Å². The van der Waals surface area contributed by atoms with Crippen LogP contribution in [0.4, 0.5) is 0 Å². The van der Waals surface area contributed by atoms with Gasteiger partial charge in [0.2, 0.25) is 0 Å². The second-order valence-corrected chi connectivity index (χ2v) is 4.84. The number of carbonyl (C=O) groups excluding carboxylic acids is 1. The number of esters is 1. The molecule has 1 aliphatic rings. The quantitative estimate of drug-likeness (QED) is 0.641. The Kier molecular flexibility index (Phi) is 3.52. The predicted molar refractivity (Wildman–Crippen MR) is 78.1 cm³/mol. The highest BCUT2D eigenvalue weighted by Crippen LogP contribution is 2.46. The third-order valence-corrected chi connectivity index (χ3v) is 3.70. The molecule has 0 saturated heterocycles. The van der Waals surface area contributed by atoms with Crippen molar-refractivity contribution in [2.24, 2.45) is 0 Å². The summed E-state index contributed by atoms with van der Waals surface area (Å²) in [6, 6.07) is 13.2. The number of carbonyl (C=O) groups is 1. The first kappa shape index (κ1) is 13.5. The van der Waals surface area contributed by atoms with Gasteiger partial charge in [0, 0.05) is 17.0 Å². The van der Waals surface area contributed by atoms with E-state index in [1.54, 1.807) is 20.3 Å². The number of methoxy groups -OCH3 is 2. The average molecular weight is 284 g/mol. The molecule has 3 rings (SSSR count). The highest BCUT2D eigenvalue weighted by Gasteiger charge is 2.32. The molecule has 2 aromatic carbocycles. The summed E-state index contributed by atoms with van der Waals surface area (Å²) in [5.74, 6) is 1.66. The van der Waals surface area contributed by atoms with Crippen molar-refractivity contribution in [3.8, 4) is 17.2 Å². The first-order valence-corrected chi connectivity index (χ1v) is 6.75. The Morgan fingerprint density at radius 1 is 1.00 bits per heavy atom. The summed E-state index contributed by atoms with van der Waals surface area (Å²) >= 11 is 0. The number of ether oxygens (including phenoxy) is 3. The first-order valence-electron chi connectivity index (χ1n) is 6.75. The van der Waals surface area contributed by atoms with Gasteiger partial charge in [0.25, 0.3) is 0 Å². The van der Waals surface area contributed by atoms with Crippen LogP contribution in [0, 0.1) is 0 Å². The van der Waals surface area contributed by atoms with Crippen molar-refractivity contribution in [2.75, 3.05) is 14.2 Å². The zero-order valence-electron chi connectivity index (χ0n) is 12.0. The summed E-state index contributed by atoms with van der Waals surface area (Å²) in [6.45, 7) is 0. The molecular weight excluding hydrogens is 268 g/mol. The minimum absolute atomic E-state index is 0.131. The van der Waals surface area contributed by atoms with Crippen molar-refractivity contribution in [1.82, 2.24) is 0 Å². The van der Waals surface area contributed by atoms with Crippen LogP contribution >= 0.6 is 0 Å². The van der Waals surface area contributed by atoms with Gasteiger partial charge in [0.15, 0.2) is 0 Å². The zero-order valence-corrected chi connectivity index (χ0v) is 12.0. The molecule has 108 valence electrons. The van der Waals surface area contributed by atoms with E-state index in [0.29, 0.717) is 5.75 Å². The molecule has 0 aliphatic carbocycles. The van der Waals surface area contributed by atoms with Gasteiger partial charge in [-0.3, -0.25) is 4.79 Å². The number of para-hydroxylation sites is 1. The second-order valence-electron chi connectivity index (χ2n) is 4.84. The summed E-state index contributed by atoms with van der Waals surface area (Å²) in [5, 5.41) is 0. The Hall–Kier alpha value is -2.49. The lowest BCUT2D eigenvalue weighted by Crippen LogP contribution is -2.22. The van der Waals surface area contributed by atoms with Crippen LogP contribution in [0.3, 0.4) is 0 Å². The molecule has 0 radical (unpaired) electrons. The molecular formula is C17H16O4. The second kappa shape index (κ2) is 5.48. The SMILES string of the molecule is COc1ccccc1[C@@H]1CC(=O)Oc2cccc(OC)c21. The highest BCUT2D eigenvalue weighted by molar-refractivity contribution is 5.79. The van der Waals surface area contributed by atoms with Crippen molar-refractivity contribution in [1.29, 1.82) is 0 Å². The lowest BCUT2D eigenvalue weighted by Gasteiger charge is -2.27. The predicted octanol–water partition coefficient (Wildman–Crippen LogP) is 3.14. The van der Waals surface area contributed by atoms with Gasteiger partial charge in [0.05, 0.1) is 20.6 Å². The standard InChI is InChI=1S/C17H16O4/c1-19-13-7-4-3-6-11(13)12-10-16(18)21-15-9-5-8-14(20-2)17(12)15/h3-9,12H,10H2,1-2H3/t12-/m0/s1. The van der Waals surface area contributed by atoms with Crippen molar-refractivity contribution in [3.05, 3.63) is 53.6 Å². The molecule has 0 amide bonds. The van der Waals surface area contributed by atoms with Crippen LogP contribution in [0.25, 0.3) is 0 Å². The minimum atomic E-state index is -0.244. The molecule has 0 saturated carbocycles. The zero-order chi connectivity index (χ0) is 14.8. The van der Waals surface area contributed by atoms with Crippen LogP contribution in [0.15, 0.2) is 42.5 Å². The topological polar surface area (TPSA) is 44.8 Å². The average Bonchev–Trinajstić information content (AvgIpc) is 2.53. The van der Waals surface area contributed by atoms with Crippen molar-refractivity contribution in [2.45, 2.75) is 12.3 Å². The van der Waals surface area contributed by atoms with Gasteiger partial charge in [-0.05, 0) is 18.2 Å². The van der Waals surface area contributed by atoms with Gasteiger partial charge in [-0.15, -0.1) is 0 Å². The fraction of sp³-hybridized carbons (Fsp3) is 0.235. The normalized spacial score (nSPS) is 16.9. The van der Waals surface area contributed by atoms with Gasteiger partial charge in [-0.1, -0.05) is 24.3 Å². The molecule has 4 nitrogen and oxygen atoms in total. The van der Waals surface area contributed by atoms with Gasteiger partial charge < -0.3 is 14.2 Å². The summed E-state index contributed by atoms with van der Waals surface area (Å²) in [5.41, 5.74) is 1.85. The molecule has 0 bridgehead atoms. The Morgan fingerprint density at radius 2 is 1.71 bits per heavy atom. The largest absolute Gasteiger partial charge is 0.496 e.